The van der Waals surface area contributed by atoms with Gasteiger partial charge in [-0.25, -0.2) is 9.50 Å². The van der Waals surface area contributed by atoms with E-state index in [1.807, 2.05) is 42.4 Å². The molecule has 7 heteroatoms. The molecule has 0 saturated carbocycles. The lowest BCUT2D eigenvalue weighted by Gasteiger charge is -2.30. The number of hydrogen-bond donors (Lipinski definition) is 0. The van der Waals surface area contributed by atoms with Crippen LogP contribution in [0.25, 0.3) is 16.9 Å². The topological polar surface area (TPSA) is 66.6 Å². The fraction of sp³-hybridized carbons (Fsp3) is 0.400. The minimum absolute atomic E-state index is 0.0439. The molecular weight excluding hydrogens is 340 g/mol. The van der Waals surface area contributed by atoms with Gasteiger partial charge >= 0.3 is 0 Å². The predicted molar refractivity (Wildman–Crippen MR) is 103 cm³/mol. The van der Waals surface area contributed by atoms with Crippen molar-refractivity contribution in [1.29, 1.82) is 0 Å². The number of carbonyl (C=O) groups is 1. The zero-order chi connectivity index (χ0) is 19.0. The molecule has 3 aromatic rings. The molecule has 140 valence electrons. The molecule has 1 saturated heterocycles. The molecule has 0 unspecified atom stereocenters. The Morgan fingerprint density at radius 1 is 1.30 bits per heavy atom. The molecule has 1 aromatic carbocycles. The van der Waals surface area contributed by atoms with Crippen LogP contribution in [0, 0.1) is 5.41 Å². The molecule has 1 aliphatic heterocycles. The zero-order valence-corrected chi connectivity index (χ0v) is 16.0. The van der Waals surface area contributed by atoms with Gasteiger partial charge in [0.25, 0.3) is 11.7 Å². The van der Waals surface area contributed by atoms with Gasteiger partial charge in [0.05, 0.1) is 0 Å². The number of hydrogen-bond acceptors (Lipinski definition) is 5. The van der Waals surface area contributed by atoms with E-state index in [1.54, 1.807) is 10.7 Å². The smallest absolute Gasteiger partial charge is 0.253 e. The third-order valence-corrected chi connectivity index (χ3v) is 5.29. The second-order valence-electron chi connectivity index (χ2n) is 7.89. The van der Waals surface area contributed by atoms with E-state index in [0.29, 0.717) is 11.3 Å². The predicted octanol–water partition coefficient (Wildman–Crippen LogP) is 2.21. The summed E-state index contributed by atoms with van der Waals surface area (Å²) in [6.07, 6.45) is 6.22. The Morgan fingerprint density at radius 2 is 2.15 bits per heavy atom. The zero-order valence-electron chi connectivity index (χ0n) is 16.0. The number of nitrogens with zero attached hydrogens (tertiary/aromatic N) is 6. The van der Waals surface area contributed by atoms with E-state index in [9.17, 15) is 4.79 Å². The summed E-state index contributed by atoms with van der Waals surface area (Å²) >= 11 is 0. The van der Waals surface area contributed by atoms with Crippen molar-refractivity contribution in [2.45, 2.75) is 13.3 Å². The van der Waals surface area contributed by atoms with Gasteiger partial charge in [0.2, 0.25) is 0 Å². The van der Waals surface area contributed by atoms with Crippen molar-refractivity contribution >= 4 is 11.7 Å². The number of benzene rings is 1. The van der Waals surface area contributed by atoms with Crippen LogP contribution in [0.5, 0.6) is 0 Å². The SMILES string of the molecule is CN1CC[C@](C)(CN(C)C(=O)c2cccc(-c3cnc4ncnn4c3)c2)C1. The molecule has 0 aliphatic carbocycles. The van der Waals surface area contributed by atoms with Crippen LogP contribution in [0.2, 0.25) is 0 Å². The van der Waals surface area contributed by atoms with E-state index in [-0.39, 0.29) is 11.3 Å². The van der Waals surface area contributed by atoms with E-state index >= 15 is 0 Å². The summed E-state index contributed by atoms with van der Waals surface area (Å²) < 4.78 is 1.63. The van der Waals surface area contributed by atoms with Crippen molar-refractivity contribution in [3.63, 3.8) is 0 Å². The van der Waals surface area contributed by atoms with Gasteiger partial charge in [0.1, 0.15) is 6.33 Å². The molecule has 4 rings (SSSR count). The first-order valence-electron chi connectivity index (χ1n) is 9.13. The van der Waals surface area contributed by atoms with Gasteiger partial charge in [-0.3, -0.25) is 4.79 Å². The van der Waals surface area contributed by atoms with Crippen LogP contribution in [0.1, 0.15) is 23.7 Å². The first-order chi connectivity index (χ1) is 12.9. The molecule has 1 amide bonds. The molecule has 27 heavy (non-hydrogen) atoms. The summed E-state index contributed by atoms with van der Waals surface area (Å²) in [6, 6.07) is 7.67. The van der Waals surface area contributed by atoms with Crippen LogP contribution in [-0.4, -0.2) is 69.0 Å². The lowest BCUT2D eigenvalue weighted by Crippen LogP contribution is -2.38. The van der Waals surface area contributed by atoms with E-state index in [0.717, 1.165) is 37.2 Å². The summed E-state index contributed by atoms with van der Waals surface area (Å²) in [4.78, 5) is 25.5. The van der Waals surface area contributed by atoms with Gasteiger partial charge in [-0.15, -0.1) is 0 Å². The summed E-state index contributed by atoms with van der Waals surface area (Å²) in [5.74, 6) is 0.600. The Balaban J connectivity index is 1.55. The fourth-order valence-electron chi connectivity index (χ4n) is 3.97. The van der Waals surface area contributed by atoms with E-state index < -0.39 is 0 Å². The van der Waals surface area contributed by atoms with Crippen molar-refractivity contribution in [3.05, 3.63) is 48.5 Å². The average Bonchev–Trinajstić information content (AvgIpc) is 3.26. The summed E-state index contributed by atoms with van der Waals surface area (Å²) in [6.45, 7) is 5.13. The van der Waals surface area contributed by atoms with Crippen molar-refractivity contribution < 1.29 is 4.79 Å². The minimum atomic E-state index is 0.0439. The highest BCUT2D eigenvalue weighted by atomic mass is 16.2. The lowest BCUT2D eigenvalue weighted by atomic mass is 9.89. The Kier molecular flexibility index (Phi) is 4.39. The van der Waals surface area contributed by atoms with Gasteiger partial charge < -0.3 is 9.80 Å². The maximum absolute atomic E-state index is 13.0. The van der Waals surface area contributed by atoms with Gasteiger partial charge in [0, 0.05) is 43.7 Å². The van der Waals surface area contributed by atoms with Gasteiger partial charge in [-0.1, -0.05) is 19.1 Å². The highest BCUT2D eigenvalue weighted by molar-refractivity contribution is 5.95. The Morgan fingerprint density at radius 3 is 2.93 bits per heavy atom. The number of amides is 1. The maximum atomic E-state index is 13.0. The van der Waals surface area contributed by atoms with E-state index in [2.05, 4.69) is 33.9 Å². The molecule has 7 nitrogen and oxygen atoms in total. The Hall–Kier alpha value is -2.80. The largest absolute Gasteiger partial charge is 0.341 e. The summed E-state index contributed by atoms with van der Waals surface area (Å²) in [5, 5.41) is 4.13. The molecule has 2 aromatic heterocycles. The van der Waals surface area contributed by atoms with Crippen molar-refractivity contribution in [3.8, 4) is 11.1 Å². The molecule has 0 radical (unpaired) electrons. The number of aromatic nitrogens is 4. The van der Waals surface area contributed by atoms with Gasteiger partial charge in [0.15, 0.2) is 0 Å². The molecule has 1 fully saturated rings. The lowest BCUT2D eigenvalue weighted by molar-refractivity contribution is 0.0730. The van der Waals surface area contributed by atoms with Crippen LogP contribution >= 0.6 is 0 Å². The molecule has 0 bridgehead atoms. The second-order valence-corrected chi connectivity index (χ2v) is 7.89. The Labute approximate surface area is 158 Å². The van der Waals surface area contributed by atoms with Crippen LogP contribution in [0.15, 0.2) is 43.0 Å². The van der Waals surface area contributed by atoms with Gasteiger partial charge in [-0.2, -0.15) is 10.1 Å². The van der Waals surface area contributed by atoms with Crippen LogP contribution < -0.4 is 0 Å². The summed E-state index contributed by atoms with van der Waals surface area (Å²) in [5.41, 5.74) is 2.67. The Bertz CT molecular complexity index is 983. The monoisotopic (exact) mass is 364 g/mol. The number of rotatable bonds is 4. The van der Waals surface area contributed by atoms with Crippen molar-refractivity contribution in [2.75, 3.05) is 33.7 Å². The summed E-state index contributed by atoms with van der Waals surface area (Å²) in [7, 11) is 4.03. The molecule has 3 heterocycles. The average molecular weight is 364 g/mol. The highest BCUT2D eigenvalue weighted by Crippen LogP contribution is 2.30. The molecular formula is C20H24N6O. The maximum Gasteiger partial charge on any atom is 0.253 e. The second kappa shape index (κ2) is 6.74. The standard InChI is InChI=1S/C20H24N6O/c1-20(7-8-24(2)12-20)13-25(3)18(27)16-6-4-5-15(9-16)17-10-21-19-22-14-23-26(19)11-17/h4-6,9-11,14H,7-8,12-13H2,1-3H3/t20-/m0/s1. The van der Waals surface area contributed by atoms with E-state index in [4.69, 9.17) is 0 Å². The number of carbonyl (C=O) groups excluding carboxylic acids is 1. The van der Waals surface area contributed by atoms with Gasteiger partial charge in [-0.05, 0) is 43.1 Å². The van der Waals surface area contributed by atoms with Crippen LogP contribution in [0.4, 0.5) is 0 Å². The molecule has 0 N–H and O–H groups in total. The first-order valence-corrected chi connectivity index (χ1v) is 9.13. The normalized spacial score (nSPS) is 20.3. The van der Waals surface area contributed by atoms with Crippen LogP contribution in [0.3, 0.4) is 0 Å². The van der Waals surface area contributed by atoms with Crippen molar-refractivity contribution in [2.24, 2.45) is 5.41 Å². The quantitative estimate of drug-likeness (QED) is 0.710. The van der Waals surface area contributed by atoms with E-state index in [1.165, 1.54) is 6.33 Å². The fourth-order valence-corrected chi connectivity index (χ4v) is 3.97. The molecule has 1 aliphatic rings. The highest BCUT2D eigenvalue weighted by Gasteiger charge is 2.34. The molecule has 0 spiro atoms. The van der Waals surface area contributed by atoms with Crippen LogP contribution in [-0.2, 0) is 0 Å². The third kappa shape index (κ3) is 3.55. The first kappa shape index (κ1) is 17.6. The third-order valence-electron chi connectivity index (χ3n) is 5.29. The van der Waals surface area contributed by atoms with Crippen molar-refractivity contribution in [1.82, 2.24) is 29.4 Å². The molecule has 1 atom stereocenters. The minimum Gasteiger partial charge on any atom is -0.341 e. The number of fused-ring (bicyclic) bond motifs is 1. The number of likely N-dealkylation sites (tertiary alicyclic amines) is 1.